The molecular weight excluding hydrogens is 263 g/mol. The van der Waals surface area contributed by atoms with Gasteiger partial charge in [0.15, 0.2) is 17.3 Å². The van der Waals surface area contributed by atoms with Crippen molar-refractivity contribution in [1.82, 2.24) is 0 Å². The van der Waals surface area contributed by atoms with Gasteiger partial charge in [-0.2, -0.15) is 0 Å². The Hall–Kier alpha value is -1.91. The number of carboxylic acid groups (broad SMARTS) is 1. The molecule has 0 aliphatic heterocycles. The van der Waals surface area contributed by atoms with E-state index in [0.29, 0.717) is 12.8 Å². The summed E-state index contributed by atoms with van der Waals surface area (Å²) in [5.41, 5.74) is 0.202. The number of methoxy groups -OCH3 is 1. The smallest absolute Gasteiger partial charge is 0.307 e. The largest absolute Gasteiger partial charge is 0.494 e. The minimum atomic E-state index is -0.957. The van der Waals surface area contributed by atoms with Crippen molar-refractivity contribution in [1.29, 1.82) is 0 Å². The van der Waals surface area contributed by atoms with Crippen LogP contribution < -0.4 is 4.74 Å². The number of hydrogen-bond acceptors (Lipinski definition) is 3. The third-order valence-corrected chi connectivity index (χ3v) is 3.89. The molecule has 0 aromatic heterocycles. The first-order valence-electron chi connectivity index (χ1n) is 6.54. The van der Waals surface area contributed by atoms with Crippen LogP contribution in [-0.4, -0.2) is 24.0 Å². The zero-order chi connectivity index (χ0) is 14.9. The third-order valence-electron chi connectivity index (χ3n) is 3.89. The summed E-state index contributed by atoms with van der Waals surface area (Å²) < 4.78 is 18.4. The van der Waals surface area contributed by atoms with Gasteiger partial charge in [-0.1, -0.05) is 6.92 Å². The van der Waals surface area contributed by atoms with E-state index >= 15 is 0 Å². The maximum Gasteiger partial charge on any atom is 0.307 e. The molecule has 1 aromatic rings. The molecule has 1 aliphatic rings. The number of Topliss-reactive ketones (excluding diaryl/α,β-unsaturated/α-hetero) is 1. The van der Waals surface area contributed by atoms with Gasteiger partial charge < -0.3 is 9.84 Å². The number of ketones is 1. The highest BCUT2D eigenvalue weighted by Gasteiger charge is 2.41. The molecule has 0 bridgehead atoms. The number of rotatable bonds is 4. The lowest BCUT2D eigenvalue weighted by Crippen LogP contribution is -2.25. The molecule has 0 heterocycles. The number of ether oxygens (including phenoxy) is 1. The third kappa shape index (κ3) is 2.66. The van der Waals surface area contributed by atoms with Gasteiger partial charge in [-0.05, 0) is 37.0 Å². The highest BCUT2D eigenvalue weighted by molar-refractivity contribution is 6.00. The van der Waals surface area contributed by atoms with Crippen LogP contribution in [0, 0.1) is 23.6 Å². The number of aliphatic carboxylic acids is 1. The molecule has 3 atom stereocenters. The van der Waals surface area contributed by atoms with E-state index in [2.05, 4.69) is 0 Å². The SMILES string of the molecule is COc1ccc(C(=O)C2CC(C)CC2C(=O)O)cc1F. The van der Waals surface area contributed by atoms with Crippen LogP contribution in [0.2, 0.25) is 0 Å². The quantitative estimate of drug-likeness (QED) is 0.861. The first-order chi connectivity index (χ1) is 9.43. The van der Waals surface area contributed by atoms with Crippen molar-refractivity contribution in [2.24, 2.45) is 17.8 Å². The highest BCUT2D eigenvalue weighted by Crippen LogP contribution is 2.38. The van der Waals surface area contributed by atoms with E-state index in [-0.39, 0.29) is 23.0 Å². The predicted octanol–water partition coefficient (Wildman–Crippen LogP) is 2.76. The molecule has 1 saturated carbocycles. The summed E-state index contributed by atoms with van der Waals surface area (Å²) in [4.78, 5) is 23.6. The molecule has 1 aromatic carbocycles. The van der Waals surface area contributed by atoms with Crippen molar-refractivity contribution in [2.75, 3.05) is 7.11 Å². The molecule has 0 radical (unpaired) electrons. The van der Waals surface area contributed by atoms with E-state index in [1.165, 1.54) is 19.2 Å². The second-order valence-electron chi connectivity index (χ2n) is 5.34. The average Bonchev–Trinajstić information content (AvgIpc) is 2.80. The molecule has 5 heteroatoms. The van der Waals surface area contributed by atoms with E-state index < -0.39 is 23.6 Å². The average molecular weight is 280 g/mol. The van der Waals surface area contributed by atoms with Gasteiger partial charge in [-0.15, -0.1) is 0 Å². The standard InChI is InChI=1S/C15H17FO4/c1-8-5-10(11(6-8)15(18)19)14(17)9-3-4-13(20-2)12(16)7-9/h3-4,7-8,10-11H,5-6H2,1-2H3,(H,18,19). The zero-order valence-electron chi connectivity index (χ0n) is 11.4. The number of benzene rings is 1. The summed E-state index contributed by atoms with van der Waals surface area (Å²) in [5.74, 6) is -2.87. The molecule has 1 fully saturated rings. The van der Waals surface area contributed by atoms with Crippen LogP contribution in [0.1, 0.15) is 30.1 Å². The van der Waals surface area contributed by atoms with Crippen LogP contribution in [0.4, 0.5) is 4.39 Å². The summed E-state index contributed by atoms with van der Waals surface area (Å²) in [6.45, 7) is 1.93. The maximum atomic E-state index is 13.6. The summed E-state index contributed by atoms with van der Waals surface area (Å²) in [6.07, 6.45) is 1.02. The Kier molecular flexibility index (Phi) is 4.06. The van der Waals surface area contributed by atoms with Crippen LogP contribution in [0.5, 0.6) is 5.75 Å². The summed E-state index contributed by atoms with van der Waals surface area (Å²) in [7, 11) is 1.35. The summed E-state index contributed by atoms with van der Waals surface area (Å²) in [5, 5.41) is 9.19. The molecule has 3 unspecified atom stereocenters. The molecule has 0 saturated heterocycles. The van der Waals surface area contributed by atoms with E-state index in [1.807, 2.05) is 6.92 Å². The Morgan fingerprint density at radius 3 is 2.50 bits per heavy atom. The van der Waals surface area contributed by atoms with E-state index in [1.54, 1.807) is 0 Å². The van der Waals surface area contributed by atoms with Crippen molar-refractivity contribution in [3.8, 4) is 5.75 Å². The van der Waals surface area contributed by atoms with Crippen LogP contribution >= 0.6 is 0 Å². The van der Waals surface area contributed by atoms with Crippen molar-refractivity contribution >= 4 is 11.8 Å². The Bertz CT molecular complexity index is 541. The molecular formula is C15H17FO4. The Morgan fingerprint density at radius 1 is 1.30 bits per heavy atom. The number of carbonyl (C=O) groups excluding carboxylic acids is 1. The van der Waals surface area contributed by atoms with Crippen LogP contribution in [-0.2, 0) is 4.79 Å². The molecule has 2 rings (SSSR count). The van der Waals surface area contributed by atoms with Gasteiger partial charge in [-0.3, -0.25) is 9.59 Å². The monoisotopic (exact) mass is 280 g/mol. The summed E-state index contributed by atoms with van der Waals surface area (Å²) in [6, 6.07) is 3.98. The van der Waals surface area contributed by atoms with Crippen molar-refractivity contribution in [2.45, 2.75) is 19.8 Å². The molecule has 108 valence electrons. The minimum absolute atomic E-state index is 0.0659. The van der Waals surface area contributed by atoms with Crippen LogP contribution in [0.15, 0.2) is 18.2 Å². The molecule has 0 spiro atoms. The van der Waals surface area contributed by atoms with Crippen molar-refractivity contribution < 1.29 is 23.8 Å². The van der Waals surface area contributed by atoms with Gasteiger partial charge in [-0.25, -0.2) is 4.39 Å². The van der Waals surface area contributed by atoms with Gasteiger partial charge in [0.2, 0.25) is 0 Å². The van der Waals surface area contributed by atoms with Crippen molar-refractivity contribution in [3.05, 3.63) is 29.6 Å². The first-order valence-corrected chi connectivity index (χ1v) is 6.54. The van der Waals surface area contributed by atoms with Gasteiger partial charge in [0, 0.05) is 11.5 Å². The first kappa shape index (κ1) is 14.5. The molecule has 4 nitrogen and oxygen atoms in total. The lowest BCUT2D eigenvalue weighted by atomic mass is 9.88. The van der Waals surface area contributed by atoms with Gasteiger partial charge in [0.05, 0.1) is 13.0 Å². The number of halogens is 1. The maximum absolute atomic E-state index is 13.6. The molecule has 0 amide bonds. The van der Waals surface area contributed by atoms with Gasteiger partial charge in [0.1, 0.15) is 0 Å². The number of carboxylic acids is 1. The minimum Gasteiger partial charge on any atom is -0.494 e. The predicted molar refractivity (Wildman–Crippen MR) is 70.3 cm³/mol. The second-order valence-corrected chi connectivity index (χ2v) is 5.34. The number of hydrogen-bond donors (Lipinski definition) is 1. The Balaban J connectivity index is 2.26. The Labute approximate surface area is 116 Å². The Morgan fingerprint density at radius 2 is 1.95 bits per heavy atom. The fraction of sp³-hybridized carbons (Fsp3) is 0.467. The lowest BCUT2D eigenvalue weighted by Gasteiger charge is -2.14. The van der Waals surface area contributed by atoms with Crippen molar-refractivity contribution in [3.63, 3.8) is 0 Å². The topological polar surface area (TPSA) is 63.6 Å². The van der Waals surface area contributed by atoms with Gasteiger partial charge in [0.25, 0.3) is 0 Å². The number of carbonyl (C=O) groups is 2. The molecule has 20 heavy (non-hydrogen) atoms. The second kappa shape index (κ2) is 5.61. The molecule has 1 N–H and O–H groups in total. The zero-order valence-corrected chi connectivity index (χ0v) is 11.4. The van der Waals surface area contributed by atoms with E-state index in [0.717, 1.165) is 6.07 Å². The van der Waals surface area contributed by atoms with E-state index in [4.69, 9.17) is 4.74 Å². The normalized spacial score (nSPS) is 25.4. The van der Waals surface area contributed by atoms with E-state index in [9.17, 15) is 19.1 Å². The van der Waals surface area contributed by atoms with Crippen LogP contribution in [0.25, 0.3) is 0 Å². The summed E-state index contributed by atoms with van der Waals surface area (Å²) >= 11 is 0. The fourth-order valence-corrected chi connectivity index (χ4v) is 2.89. The molecule has 1 aliphatic carbocycles. The van der Waals surface area contributed by atoms with Gasteiger partial charge >= 0.3 is 5.97 Å². The lowest BCUT2D eigenvalue weighted by molar-refractivity contribution is -0.142. The van der Waals surface area contributed by atoms with Crippen LogP contribution in [0.3, 0.4) is 0 Å². The highest BCUT2D eigenvalue weighted by atomic mass is 19.1. The fourth-order valence-electron chi connectivity index (χ4n) is 2.89.